The van der Waals surface area contributed by atoms with Gasteiger partial charge in [0.05, 0.1) is 44.1 Å². The topological polar surface area (TPSA) is 86.5 Å². The molecule has 0 aliphatic rings. The Labute approximate surface area is 683 Å². The van der Waals surface area contributed by atoms with E-state index in [1.54, 1.807) is 12.1 Å². The molecule has 556 valence electrons. The SMILES string of the molecule is Clc1cc(-c2ccc3c(c2)c2ccccc2n3-c2ccccc2)cc(-c2ccc3c(c2)c2ccccc2n3-c2ccccc2)c1.OB(O)c1cccc2c1oc1ccccc12.c1ccc(-n2c3ccccc3c3cc(-c4cc(-c5ccc6c(c5)c5ccccc5n6-c5ccccc5)cc(-c5cccc6c5oc5ccccc56)c4)ccc32)cc1. The molecule has 6 heterocycles. The predicted octanol–water partition coefficient (Wildman–Crippen LogP) is 27.9. The first kappa shape index (κ1) is 69.7. The largest absolute Gasteiger partial charge is 0.492 e. The van der Waals surface area contributed by atoms with Crippen molar-refractivity contribution in [1.82, 2.24) is 18.3 Å². The van der Waals surface area contributed by atoms with Crippen LogP contribution in [0.5, 0.6) is 0 Å². The Morgan fingerprint density at radius 2 is 0.475 bits per heavy atom. The van der Waals surface area contributed by atoms with Crippen LogP contribution in [-0.2, 0) is 0 Å². The average Bonchev–Trinajstić information content (AvgIpc) is 1.55. The van der Waals surface area contributed by atoms with Gasteiger partial charge in [-0.25, -0.2) is 0 Å². The molecule has 0 aliphatic carbocycles. The van der Waals surface area contributed by atoms with Gasteiger partial charge in [-0.15, -0.1) is 0 Å². The summed E-state index contributed by atoms with van der Waals surface area (Å²) in [5, 5.41) is 33.2. The fourth-order valence-corrected chi connectivity index (χ4v) is 18.3. The van der Waals surface area contributed by atoms with Gasteiger partial charge in [0, 0.05) is 103 Å². The molecule has 24 aromatic rings. The highest BCUT2D eigenvalue weighted by Gasteiger charge is 2.23. The van der Waals surface area contributed by atoms with E-state index in [1.165, 1.54) is 98.4 Å². The van der Waals surface area contributed by atoms with Gasteiger partial charge in [-0.2, -0.15) is 0 Å². The minimum atomic E-state index is -1.51. The molecule has 0 atom stereocenters. The summed E-state index contributed by atoms with van der Waals surface area (Å²) in [4.78, 5) is 0. The van der Waals surface area contributed by atoms with Crippen molar-refractivity contribution < 1.29 is 18.9 Å². The second-order valence-corrected chi connectivity index (χ2v) is 30.6. The van der Waals surface area contributed by atoms with E-state index in [0.29, 0.717) is 11.0 Å². The Balaban J connectivity index is 0.000000122. The second kappa shape index (κ2) is 28.8. The molecular formula is C108H70BClN4O4. The molecule has 0 unspecified atom stereocenters. The van der Waals surface area contributed by atoms with Gasteiger partial charge >= 0.3 is 7.12 Å². The fraction of sp³-hybridized carbons (Fsp3) is 0. The Hall–Kier alpha value is -15.0. The van der Waals surface area contributed by atoms with E-state index < -0.39 is 7.12 Å². The summed E-state index contributed by atoms with van der Waals surface area (Å²) in [7, 11) is -1.51. The van der Waals surface area contributed by atoms with E-state index >= 15 is 0 Å². The number of fused-ring (bicyclic) bond motifs is 18. The van der Waals surface area contributed by atoms with Gasteiger partial charge in [0.2, 0.25) is 0 Å². The van der Waals surface area contributed by atoms with Gasteiger partial charge in [-0.1, -0.05) is 254 Å². The normalized spacial score (nSPS) is 11.7. The van der Waals surface area contributed by atoms with Gasteiger partial charge in [0.25, 0.3) is 0 Å². The number of para-hydroxylation sites is 12. The van der Waals surface area contributed by atoms with Crippen LogP contribution in [0.2, 0.25) is 5.02 Å². The number of rotatable bonds is 10. The average molecular weight is 1530 g/mol. The van der Waals surface area contributed by atoms with Crippen LogP contribution in [0, 0.1) is 0 Å². The smallest absolute Gasteiger partial charge is 0.456 e. The maximum atomic E-state index is 9.24. The third-order valence-corrected chi connectivity index (χ3v) is 23.6. The van der Waals surface area contributed by atoms with Crippen LogP contribution in [0.15, 0.2) is 421 Å². The molecule has 0 aliphatic heterocycles. The zero-order valence-corrected chi connectivity index (χ0v) is 64.5. The number of nitrogens with zero attached hydrogens (tertiary/aromatic N) is 4. The van der Waals surface area contributed by atoms with Crippen molar-refractivity contribution in [3.63, 3.8) is 0 Å². The molecule has 0 radical (unpaired) electrons. The van der Waals surface area contributed by atoms with Gasteiger partial charge in [0.15, 0.2) is 0 Å². The van der Waals surface area contributed by atoms with Gasteiger partial charge < -0.3 is 37.2 Å². The number of benzene rings is 18. The van der Waals surface area contributed by atoms with Crippen LogP contribution in [-0.4, -0.2) is 35.4 Å². The summed E-state index contributed by atoms with van der Waals surface area (Å²) in [5.41, 5.74) is 29.0. The number of hydrogen-bond acceptors (Lipinski definition) is 4. The third-order valence-electron chi connectivity index (χ3n) is 23.3. The summed E-state index contributed by atoms with van der Waals surface area (Å²) in [6, 6.07) is 146. The highest BCUT2D eigenvalue weighted by molar-refractivity contribution is 6.61. The maximum Gasteiger partial charge on any atom is 0.492 e. The summed E-state index contributed by atoms with van der Waals surface area (Å²) in [5.74, 6) is 0. The molecule has 0 saturated heterocycles. The number of halogens is 1. The molecular weight excluding hydrogens is 1460 g/mol. The molecule has 0 fully saturated rings. The number of hydrogen-bond donors (Lipinski definition) is 2. The lowest BCUT2D eigenvalue weighted by molar-refractivity contribution is 0.425. The van der Waals surface area contributed by atoms with E-state index in [9.17, 15) is 10.0 Å². The summed E-state index contributed by atoms with van der Waals surface area (Å²) >= 11 is 6.84. The van der Waals surface area contributed by atoms with Crippen molar-refractivity contribution in [2.24, 2.45) is 0 Å². The molecule has 6 aromatic heterocycles. The van der Waals surface area contributed by atoms with Crippen LogP contribution in [0.4, 0.5) is 0 Å². The van der Waals surface area contributed by atoms with E-state index in [2.05, 4.69) is 382 Å². The number of aromatic nitrogens is 4. The van der Waals surface area contributed by atoms with Crippen molar-refractivity contribution in [1.29, 1.82) is 0 Å². The molecule has 0 bridgehead atoms. The lowest BCUT2D eigenvalue weighted by Crippen LogP contribution is -2.29. The van der Waals surface area contributed by atoms with Gasteiger partial charge in [-0.05, 0) is 220 Å². The van der Waals surface area contributed by atoms with E-state index in [0.717, 1.165) is 111 Å². The zero-order chi connectivity index (χ0) is 78.5. The van der Waals surface area contributed by atoms with Gasteiger partial charge in [0.1, 0.15) is 22.3 Å². The molecule has 24 rings (SSSR count). The van der Waals surface area contributed by atoms with Crippen LogP contribution in [0.25, 0.3) is 209 Å². The molecule has 2 N–H and O–H groups in total. The van der Waals surface area contributed by atoms with Crippen LogP contribution >= 0.6 is 11.6 Å². The van der Waals surface area contributed by atoms with Crippen molar-refractivity contribution in [3.05, 3.63) is 418 Å². The van der Waals surface area contributed by atoms with Crippen molar-refractivity contribution >= 4 is 155 Å². The second-order valence-electron chi connectivity index (χ2n) is 30.2. The van der Waals surface area contributed by atoms with Crippen molar-refractivity contribution in [2.75, 3.05) is 0 Å². The van der Waals surface area contributed by atoms with E-state index in [4.69, 9.17) is 20.4 Å². The molecule has 0 amide bonds. The Bertz CT molecular complexity index is 7700. The molecule has 0 spiro atoms. The molecule has 18 aromatic carbocycles. The molecule has 8 nitrogen and oxygen atoms in total. The lowest BCUT2D eigenvalue weighted by Gasteiger charge is -2.13. The predicted molar refractivity (Wildman–Crippen MR) is 493 cm³/mol. The summed E-state index contributed by atoms with van der Waals surface area (Å²) < 4.78 is 21.7. The van der Waals surface area contributed by atoms with Crippen LogP contribution < -0.4 is 5.46 Å². The minimum Gasteiger partial charge on any atom is -0.456 e. The van der Waals surface area contributed by atoms with E-state index in [1.807, 2.05) is 36.4 Å². The first-order valence-electron chi connectivity index (χ1n) is 39.8. The molecule has 0 saturated carbocycles. The number of furan rings is 2. The lowest BCUT2D eigenvalue weighted by atomic mass is 9.79. The quantitative estimate of drug-likeness (QED) is 0.134. The fourth-order valence-electron chi connectivity index (χ4n) is 18.0. The van der Waals surface area contributed by atoms with Gasteiger partial charge in [-0.3, -0.25) is 0 Å². The zero-order valence-electron chi connectivity index (χ0n) is 63.7. The Morgan fingerprint density at radius 3 is 0.831 bits per heavy atom. The maximum absolute atomic E-state index is 9.24. The first-order chi connectivity index (χ1) is 58.3. The Kier molecular flexibility index (Phi) is 17.0. The summed E-state index contributed by atoms with van der Waals surface area (Å²) in [6.07, 6.45) is 0. The van der Waals surface area contributed by atoms with Crippen molar-refractivity contribution in [3.8, 4) is 78.4 Å². The highest BCUT2D eigenvalue weighted by atomic mass is 35.5. The standard InChI is InChI=1S/C54H34N2O.C42H27ClN2.C12H9BO3/c1-3-14-40(15-4-1)55-49-23-10-7-18-43(49)47-33-35(26-28-51(47)55)37-30-38(32-39(31-37)42-21-13-22-46-45-20-9-12-25-53(45)57-54(42)46)36-27-29-52-48(34-36)44-19-8-11-24-50(44)56(52)41-16-5-2-6-17-41;43-32-24-30(28-19-21-41-37(26-28)35-15-7-9-17-39(35)44(41)33-11-3-1-4-12-33)23-31(25-32)29-20-22-42-38(27-29)36-16-8-10-18-40(36)45(42)34-13-5-2-6-14-34;14-13(15)10-6-3-5-9-8-4-1-2-7-11(8)16-12(9)10/h1-34H;1-27H;1-7,14-15H. The van der Waals surface area contributed by atoms with Crippen LogP contribution in [0.1, 0.15) is 0 Å². The van der Waals surface area contributed by atoms with E-state index in [-0.39, 0.29) is 0 Å². The summed E-state index contributed by atoms with van der Waals surface area (Å²) in [6.45, 7) is 0. The van der Waals surface area contributed by atoms with Crippen LogP contribution in [0.3, 0.4) is 0 Å². The Morgan fingerprint density at radius 1 is 0.203 bits per heavy atom. The molecule has 118 heavy (non-hydrogen) atoms. The minimum absolute atomic E-state index is 0.397. The third kappa shape index (κ3) is 11.9. The molecule has 10 heteroatoms. The highest BCUT2D eigenvalue weighted by Crippen LogP contribution is 2.45. The monoisotopic (exact) mass is 1530 g/mol. The van der Waals surface area contributed by atoms with Crippen molar-refractivity contribution in [2.45, 2.75) is 0 Å². The first-order valence-corrected chi connectivity index (χ1v) is 40.1.